The molecule has 1 aromatic rings. The summed E-state index contributed by atoms with van der Waals surface area (Å²) < 4.78 is 2.24. The van der Waals surface area contributed by atoms with E-state index in [1.54, 1.807) is 0 Å². The van der Waals surface area contributed by atoms with Gasteiger partial charge in [-0.3, -0.25) is 0 Å². The van der Waals surface area contributed by atoms with Crippen molar-refractivity contribution in [3.8, 4) is 0 Å². The van der Waals surface area contributed by atoms with Gasteiger partial charge < -0.3 is 9.88 Å². The molecule has 2 atom stereocenters. The van der Waals surface area contributed by atoms with E-state index in [9.17, 15) is 0 Å². The minimum atomic E-state index is 0.749. The lowest BCUT2D eigenvalue weighted by Gasteiger charge is -2.29. The zero-order valence-corrected chi connectivity index (χ0v) is 11.3. The molecule has 0 saturated heterocycles. The molecule has 2 rings (SSSR count). The monoisotopic (exact) mass is 234 g/mol. The molecule has 96 valence electrons. The lowest BCUT2D eigenvalue weighted by molar-refractivity contribution is 0.278. The Morgan fingerprint density at radius 3 is 2.94 bits per heavy atom. The number of nitrogens with zero attached hydrogens (tertiary/aromatic N) is 1. The predicted octanol–water partition coefficient (Wildman–Crippen LogP) is 3.57. The topological polar surface area (TPSA) is 17.0 Å². The van der Waals surface area contributed by atoms with E-state index in [1.807, 2.05) is 0 Å². The second-order valence-electron chi connectivity index (χ2n) is 5.37. The zero-order chi connectivity index (χ0) is 12.1. The normalized spacial score (nSPS) is 25.1. The zero-order valence-electron chi connectivity index (χ0n) is 11.3. The largest absolute Gasteiger partial charge is 0.354 e. The van der Waals surface area contributed by atoms with Crippen LogP contribution in [0.2, 0.25) is 0 Å². The molecule has 1 aliphatic carbocycles. The molecule has 0 aromatic carbocycles. The Morgan fingerprint density at radius 2 is 2.24 bits per heavy atom. The summed E-state index contributed by atoms with van der Waals surface area (Å²) in [6, 6.07) is 2.98. The first-order valence-electron chi connectivity index (χ1n) is 7.19. The molecular formula is C15H26N2. The van der Waals surface area contributed by atoms with Crippen molar-refractivity contribution >= 4 is 0 Å². The maximum Gasteiger partial charge on any atom is 0.0223 e. The van der Waals surface area contributed by atoms with E-state index in [2.05, 4.69) is 42.2 Å². The van der Waals surface area contributed by atoms with Gasteiger partial charge in [-0.15, -0.1) is 0 Å². The van der Waals surface area contributed by atoms with Gasteiger partial charge in [0.25, 0.3) is 0 Å². The van der Waals surface area contributed by atoms with E-state index in [0.29, 0.717) is 0 Å². The van der Waals surface area contributed by atoms with Crippen molar-refractivity contribution in [1.82, 2.24) is 9.88 Å². The molecule has 0 aliphatic heterocycles. The quantitative estimate of drug-likeness (QED) is 0.824. The fourth-order valence-electron chi connectivity index (χ4n) is 2.90. The van der Waals surface area contributed by atoms with Crippen molar-refractivity contribution in [3.05, 3.63) is 24.0 Å². The molecule has 2 heteroatoms. The van der Waals surface area contributed by atoms with Gasteiger partial charge in [-0.05, 0) is 37.3 Å². The summed E-state index contributed by atoms with van der Waals surface area (Å²) in [5, 5.41) is 3.73. The molecule has 1 aliphatic rings. The van der Waals surface area contributed by atoms with Crippen LogP contribution in [0.5, 0.6) is 0 Å². The average Bonchev–Trinajstić information content (AvgIpc) is 2.84. The Labute approximate surface area is 105 Å². The van der Waals surface area contributed by atoms with Crippen LogP contribution in [0.4, 0.5) is 0 Å². The van der Waals surface area contributed by atoms with Crippen LogP contribution in [-0.4, -0.2) is 10.6 Å². The van der Waals surface area contributed by atoms with Crippen molar-refractivity contribution in [2.75, 3.05) is 0 Å². The molecular weight excluding hydrogens is 208 g/mol. The SMILES string of the molecule is CCC1CCCC(NCc2ccn(CC)c2)C1. The first-order chi connectivity index (χ1) is 8.31. The Morgan fingerprint density at radius 1 is 1.35 bits per heavy atom. The Balaban J connectivity index is 1.77. The fourth-order valence-corrected chi connectivity index (χ4v) is 2.90. The molecule has 0 amide bonds. The summed E-state index contributed by atoms with van der Waals surface area (Å²) in [4.78, 5) is 0. The van der Waals surface area contributed by atoms with E-state index in [4.69, 9.17) is 0 Å². The lowest BCUT2D eigenvalue weighted by atomic mass is 9.84. The summed E-state index contributed by atoms with van der Waals surface area (Å²) in [7, 11) is 0. The van der Waals surface area contributed by atoms with E-state index in [1.165, 1.54) is 37.7 Å². The molecule has 0 radical (unpaired) electrons. The first-order valence-corrected chi connectivity index (χ1v) is 7.19. The Hall–Kier alpha value is -0.760. The minimum absolute atomic E-state index is 0.749. The maximum atomic E-state index is 3.73. The van der Waals surface area contributed by atoms with Gasteiger partial charge in [0.15, 0.2) is 0 Å². The minimum Gasteiger partial charge on any atom is -0.354 e. The van der Waals surface area contributed by atoms with Crippen LogP contribution in [-0.2, 0) is 13.1 Å². The van der Waals surface area contributed by atoms with Gasteiger partial charge in [0.2, 0.25) is 0 Å². The molecule has 1 heterocycles. The number of rotatable bonds is 5. The highest BCUT2D eigenvalue weighted by Gasteiger charge is 2.19. The van der Waals surface area contributed by atoms with Crippen molar-refractivity contribution in [2.45, 2.75) is 65.1 Å². The summed E-state index contributed by atoms with van der Waals surface area (Å²) >= 11 is 0. The summed E-state index contributed by atoms with van der Waals surface area (Å²) in [5.41, 5.74) is 1.42. The van der Waals surface area contributed by atoms with Crippen LogP contribution in [0, 0.1) is 5.92 Å². The second-order valence-corrected chi connectivity index (χ2v) is 5.37. The van der Waals surface area contributed by atoms with Gasteiger partial charge in [-0.2, -0.15) is 0 Å². The van der Waals surface area contributed by atoms with Crippen LogP contribution in [0.25, 0.3) is 0 Å². The van der Waals surface area contributed by atoms with Crippen molar-refractivity contribution in [1.29, 1.82) is 0 Å². The molecule has 0 bridgehead atoms. The van der Waals surface area contributed by atoms with E-state index >= 15 is 0 Å². The van der Waals surface area contributed by atoms with Crippen molar-refractivity contribution in [3.63, 3.8) is 0 Å². The van der Waals surface area contributed by atoms with Crippen molar-refractivity contribution < 1.29 is 0 Å². The second kappa shape index (κ2) is 6.25. The third-order valence-corrected chi connectivity index (χ3v) is 4.13. The smallest absolute Gasteiger partial charge is 0.0223 e. The summed E-state index contributed by atoms with van der Waals surface area (Å²) in [6.07, 6.45) is 11.4. The first kappa shape index (κ1) is 12.7. The molecule has 0 spiro atoms. The summed E-state index contributed by atoms with van der Waals surface area (Å²) in [6.45, 7) is 6.62. The van der Waals surface area contributed by atoms with E-state index in [-0.39, 0.29) is 0 Å². The van der Waals surface area contributed by atoms with E-state index in [0.717, 1.165) is 25.0 Å². The highest BCUT2D eigenvalue weighted by molar-refractivity contribution is 5.10. The molecule has 1 N–H and O–H groups in total. The van der Waals surface area contributed by atoms with Gasteiger partial charge in [0, 0.05) is 31.5 Å². The number of hydrogen-bond donors (Lipinski definition) is 1. The number of hydrogen-bond acceptors (Lipinski definition) is 1. The van der Waals surface area contributed by atoms with Crippen LogP contribution in [0.3, 0.4) is 0 Å². The van der Waals surface area contributed by atoms with Crippen molar-refractivity contribution in [2.24, 2.45) is 5.92 Å². The molecule has 2 unspecified atom stereocenters. The van der Waals surface area contributed by atoms with Crippen LogP contribution in [0.15, 0.2) is 18.5 Å². The van der Waals surface area contributed by atoms with Crippen LogP contribution < -0.4 is 5.32 Å². The third-order valence-electron chi connectivity index (χ3n) is 4.13. The fraction of sp³-hybridized carbons (Fsp3) is 0.733. The maximum absolute atomic E-state index is 3.73. The number of aromatic nitrogens is 1. The number of nitrogens with one attached hydrogen (secondary N) is 1. The predicted molar refractivity (Wildman–Crippen MR) is 73.0 cm³/mol. The van der Waals surface area contributed by atoms with Crippen LogP contribution in [0.1, 0.15) is 51.5 Å². The van der Waals surface area contributed by atoms with E-state index < -0.39 is 0 Å². The summed E-state index contributed by atoms with van der Waals surface area (Å²) in [5.74, 6) is 0.960. The average molecular weight is 234 g/mol. The highest BCUT2D eigenvalue weighted by atomic mass is 14.9. The Bertz CT molecular complexity index is 329. The van der Waals surface area contributed by atoms with Gasteiger partial charge in [-0.1, -0.05) is 26.2 Å². The van der Waals surface area contributed by atoms with Gasteiger partial charge >= 0.3 is 0 Å². The highest BCUT2D eigenvalue weighted by Crippen LogP contribution is 2.26. The van der Waals surface area contributed by atoms with Gasteiger partial charge in [0.05, 0.1) is 0 Å². The molecule has 1 fully saturated rings. The lowest BCUT2D eigenvalue weighted by Crippen LogP contribution is -2.33. The third kappa shape index (κ3) is 3.60. The molecule has 1 saturated carbocycles. The van der Waals surface area contributed by atoms with Gasteiger partial charge in [-0.25, -0.2) is 0 Å². The molecule has 1 aromatic heterocycles. The van der Waals surface area contributed by atoms with Gasteiger partial charge in [0.1, 0.15) is 0 Å². The molecule has 2 nitrogen and oxygen atoms in total. The number of aryl methyl sites for hydroxylation is 1. The van der Waals surface area contributed by atoms with Crippen LogP contribution >= 0.6 is 0 Å². The standard InChI is InChI=1S/C15H26N2/c1-3-13-6-5-7-15(10-13)16-11-14-8-9-17(4-2)12-14/h8-9,12-13,15-16H,3-7,10-11H2,1-2H3. The Kier molecular flexibility index (Phi) is 4.66. The molecule has 17 heavy (non-hydrogen) atoms.